The zero-order valence-electron chi connectivity index (χ0n) is 28.3. The van der Waals surface area contributed by atoms with Gasteiger partial charge in [-0.3, -0.25) is 0 Å². The molecule has 0 aliphatic rings. The molecular formula is C47H28N4S2. The van der Waals surface area contributed by atoms with Gasteiger partial charge in [0, 0.05) is 62.9 Å². The van der Waals surface area contributed by atoms with Gasteiger partial charge >= 0.3 is 0 Å². The molecule has 0 unspecified atom stereocenters. The Morgan fingerprint density at radius 1 is 0.358 bits per heavy atom. The Balaban J connectivity index is 1.08. The maximum atomic E-state index is 5.18. The Morgan fingerprint density at radius 2 is 0.943 bits per heavy atom. The van der Waals surface area contributed by atoms with Crippen molar-refractivity contribution in [2.45, 2.75) is 0 Å². The standard InChI is InChI=1S/C47H28N4S2/c1-2-11-34(12-3-1)51-39-15-7-5-13-35(39)38-26-32(23-25-40(38)51)46-48-45(30-20-18-29(19-21-30)43-27-31-10-4-8-16-41(31)52-43)49-47(50-46)33-22-24-37-36-14-6-9-17-42(36)53-44(37)28-33/h1-28H. The van der Waals surface area contributed by atoms with Gasteiger partial charge in [0.1, 0.15) is 0 Å². The Morgan fingerprint density at radius 3 is 1.75 bits per heavy atom. The molecule has 0 saturated carbocycles. The largest absolute Gasteiger partial charge is 0.309 e. The first-order valence-corrected chi connectivity index (χ1v) is 19.2. The van der Waals surface area contributed by atoms with E-state index in [2.05, 4.69) is 174 Å². The van der Waals surface area contributed by atoms with Crippen molar-refractivity contribution in [1.29, 1.82) is 0 Å². The molecule has 0 amide bonds. The summed E-state index contributed by atoms with van der Waals surface area (Å²) in [6.07, 6.45) is 0. The van der Waals surface area contributed by atoms with Crippen LogP contribution in [0.3, 0.4) is 0 Å². The van der Waals surface area contributed by atoms with Crippen LogP contribution in [0.15, 0.2) is 170 Å². The van der Waals surface area contributed by atoms with Crippen LogP contribution in [0.25, 0.3) is 102 Å². The second kappa shape index (κ2) is 12.1. The normalized spacial score (nSPS) is 11.8. The van der Waals surface area contributed by atoms with E-state index in [-0.39, 0.29) is 0 Å². The summed E-state index contributed by atoms with van der Waals surface area (Å²) in [6, 6.07) is 60.3. The molecule has 0 aliphatic carbocycles. The fraction of sp³-hybridized carbons (Fsp3) is 0. The monoisotopic (exact) mass is 712 g/mol. The van der Waals surface area contributed by atoms with Crippen molar-refractivity contribution in [1.82, 2.24) is 19.5 Å². The van der Waals surface area contributed by atoms with E-state index in [4.69, 9.17) is 15.0 Å². The zero-order chi connectivity index (χ0) is 34.9. The number of hydrogen-bond donors (Lipinski definition) is 0. The van der Waals surface area contributed by atoms with Crippen LogP contribution in [0.1, 0.15) is 0 Å². The third-order valence-electron chi connectivity index (χ3n) is 10.1. The highest BCUT2D eigenvalue weighted by Gasteiger charge is 2.17. The molecule has 11 rings (SSSR count). The van der Waals surface area contributed by atoms with Gasteiger partial charge in [0.05, 0.1) is 11.0 Å². The molecule has 4 heterocycles. The molecule has 11 aromatic rings. The second-order valence-corrected chi connectivity index (χ2v) is 15.4. The highest BCUT2D eigenvalue weighted by atomic mass is 32.1. The van der Waals surface area contributed by atoms with Gasteiger partial charge in [-0.15, -0.1) is 22.7 Å². The maximum absolute atomic E-state index is 5.18. The lowest BCUT2D eigenvalue weighted by molar-refractivity contribution is 1.07. The minimum atomic E-state index is 0.647. The van der Waals surface area contributed by atoms with Crippen LogP contribution in [0.2, 0.25) is 0 Å². The molecule has 0 N–H and O–H groups in total. The molecule has 0 fully saturated rings. The van der Waals surface area contributed by atoms with Crippen molar-refractivity contribution in [3.05, 3.63) is 170 Å². The number of para-hydroxylation sites is 2. The number of thiophene rings is 2. The van der Waals surface area contributed by atoms with Crippen molar-refractivity contribution in [2.24, 2.45) is 0 Å². The van der Waals surface area contributed by atoms with E-state index in [0.29, 0.717) is 17.5 Å². The predicted molar refractivity (Wildman–Crippen MR) is 224 cm³/mol. The third kappa shape index (κ3) is 5.06. The molecule has 7 aromatic carbocycles. The first kappa shape index (κ1) is 30.2. The van der Waals surface area contributed by atoms with Gasteiger partial charge in [-0.1, -0.05) is 109 Å². The van der Waals surface area contributed by atoms with E-state index < -0.39 is 0 Å². The molecule has 0 aliphatic heterocycles. The van der Waals surface area contributed by atoms with E-state index >= 15 is 0 Å². The van der Waals surface area contributed by atoms with E-state index in [1.807, 2.05) is 11.3 Å². The molecule has 0 atom stereocenters. The molecule has 4 aromatic heterocycles. The van der Waals surface area contributed by atoms with E-state index in [1.165, 1.54) is 51.6 Å². The Labute approximate surface area is 312 Å². The van der Waals surface area contributed by atoms with Crippen LogP contribution in [0, 0.1) is 0 Å². The fourth-order valence-corrected chi connectivity index (χ4v) is 9.72. The molecule has 0 saturated heterocycles. The zero-order valence-corrected chi connectivity index (χ0v) is 29.9. The summed E-state index contributed by atoms with van der Waals surface area (Å²) in [4.78, 5) is 16.7. The summed E-state index contributed by atoms with van der Waals surface area (Å²) < 4.78 is 6.11. The van der Waals surface area contributed by atoms with E-state index in [0.717, 1.165) is 33.3 Å². The lowest BCUT2D eigenvalue weighted by Gasteiger charge is -2.10. The van der Waals surface area contributed by atoms with Gasteiger partial charge in [-0.05, 0) is 71.6 Å². The summed E-state index contributed by atoms with van der Waals surface area (Å²) in [5.41, 5.74) is 7.48. The van der Waals surface area contributed by atoms with Gasteiger partial charge < -0.3 is 4.57 Å². The quantitative estimate of drug-likeness (QED) is 0.178. The van der Waals surface area contributed by atoms with Gasteiger partial charge in [0.15, 0.2) is 17.5 Å². The van der Waals surface area contributed by atoms with Crippen molar-refractivity contribution in [2.75, 3.05) is 0 Å². The lowest BCUT2D eigenvalue weighted by Crippen LogP contribution is -2.00. The van der Waals surface area contributed by atoms with Crippen molar-refractivity contribution in [3.8, 4) is 50.3 Å². The average molecular weight is 713 g/mol. The van der Waals surface area contributed by atoms with E-state index in [1.54, 1.807) is 11.3 Å². The number of rotatable bonds is 5. The SMILES string of the molecule is c1ccc(-n2c3ccccc3c3cc(-c4nc(-c5ccc(-c6cc7ccccc7s6)cc5)nc(-c5ccc6c(c5)sc5ccccc56)n4)ccc32)cc1. The van der Waals surface area contributed by atoms with Crippen LogP contribution in [0.4, 0.5) is 0 Å². The minimum absolute atomic E-state index is 0.647. The second-order valence-electron chi connectivity index (χ2n) is 13.3. The molecular weight excluding hydrogens is 685 g/mol. The predicted octanol–water partition coefficient (Wildman–Crippen LogP) is 13.2. The molecule has 4 nitrogen and oxygen atoms in total. The van der Waals surface area contributed by atoms with Crippen LogP contribution in [-0.2, 0) is 0 Å². The number of fused-ring (bicyclic) bond motifs is 7. The Bertz CT molecular complexity index is 3140. The van der Waals surface area contributed by atoms with Crippen molar-refractivity contribution >= 4 is 74.7 Å². The van der Waals surface area contributed by atoms with Gasteiger partial charge in [-0.25, -0.2) is 15.0 Å². The fourth-order valence-electron chi connectivity index (χ4n) is 7.50. The minimum Gasteiger partial charge on any atom is -0.309 e. The summed E-state index contributed by atoms with van der Waals surface area (Å²) in [6.45, 7) is 0. The maximum Gasteiger partial charge on any atom is 0.164 e. The van der Waals surface area contributed by atoms with Crippen LogP contribution in [-0.4, -0.2) is 19.5 Å². The van der Waals surface area contributed by atoms with Gasteiger partial charge in [0.25, 0.3) is 0 Å². The van der Waals surface area contributed by atoms with Crippen molar-refractivity contribution < 1.29 is 0 Å². The molecule has 0 spiro atoms. The molecule has 0 bridgehead atoms. The van der Waals surface area contributed by atoms with Crippen LogP contribution < -0.4 is 0 Å². The Kier molecular flexibility index (Phi) is 6.87. The van der Waals surface area contributed by atoms with Gasteiger partial charge in [-0.2, -0.15) is 0 Å². The topological polar surface area (TPSA) is 43.6 Å². The summed E-state index contributed by atoms with van der Waals surface area (Å²) >= 11 is 3.62. The van der Waals surface area contributed by atoms with Crippen LogP contribution >= 0.6 is 22.7 Å². The molecule has 0 radical (unpaired) electrons. The van der Waals surface area contributed by atoms with Crippen LogP contribution in [0.5, 0.6) is 0 Å². The smallest absolute Gasteiger partial charge is 0.164 e. The lowest BCUT2D eigenvalue weighted by atomic mass is 10.1. The molecule has 248 valence electrons. The van der Waals surface area contributed by atoms with Crippen molar-refractivity contribution in [3.63, 3.8) is 0 Å². The average Bonchev–Trinajstić information content (AvgIpc) is 3.92. The number of benzene rings is 7. The number of hydrogen-bond acceptors (Lipinski definition) is 5. The molecule has 6 heteroatoms. The van der Waals surface area contributed by atoms with E-state index in [9.17, 15) is 0 Å². The Hall–Kier alpha value is -6.47. The summed E-state index contributed by atoms with van der Waals surface area (Å²) in [5, 5.41) is 6.14. The summed E-state index contributed by atoms with van der Waals surface area (Å²) in [7, 11) is 0. The highest BCUT2D eigenvalue weighted by Crippen LogP contribution is 2.39. The number of nitrogens with zero attached hydrogens (tertiary/aromatic N) is 4. The van der Waals surface area contributed by atoms with Gasteiger partial charge in [0.2, 0.25) is 0 Å². The third-order valence-corrected chi connectivity index (χ3v) is 12.4. The highest BCUT2D eigenvalue weighted by molar-refractivity contribution is 7.25. The first-order valence-electron chi connectivity index (χ1n) is 17.6. The molecule has 53 heavy (non-hydrogen) atoms. The first-order chi connectivity index (χ1) is 26.2. The summed E-state index contributed by atoms with van der Waals surface area (Å²) in [5.74, 6) is 1.95. The number of aromatic nitrogens is 4.